The Balaban J connectivity index is 1.35. The fraction of sp³-hybridized carbons (Fsp3) is 0.625. The zero-order valence-corrected chi connectivity index (χ0v) is 14.2. The summed E-state index contributed by atoms with van der Waals surface area (Å²) in [5.41, 5.74) is 2.00. The first-order valence-corrected chi connectivity index (χ1v) is 8.61. The summed E-state index contributed by atoms with van der Waals surface area (Å²) in [5.74, 6) is 1.92. The van der Waals surface area contributed by atoms with Crippen LogP contribution >= 0.6 is 0 Å². The molecule has 1 fully saturated rings. The average Bonchev–Trinajstić information content (AvgIpc) is 3.26. The van der Waals surface area contributed by atoms with E-state index < -0.39 is 0 Å². The highest BCUT2D eigenvalue weighted by Crippen LogP contribution is 2.24. The first-order valence-electron chi connectivity index (χ1n) is 8.61. The van der Waals surface area contributed by atoms with Gasteiger partial charge in [-0.05, 0) is 19.3 Å². The van der Waals surface area contributed by atoms with Crippen molar-refractivity contribution in [1.29, 1.82) is 0 Å². The summed E-state index contributed by atoms with van der Waals surface area (Å²) in [6, 6.07) is -0.152. The Morgan fingerprint density at radius 1 is 1.28 bits per heavy atom. The number of morpholine rings is 1. The van der Waals surface area contributed by atoms with E-state index in [0.29, 0.717) is 38.0 Å². The van der Waals surface area contributed by atoms with Crippen LogP contribution in [0.3, 0.4) is 0 Å². The molecule has 134 valence electrons. The highest BCUT2D eigenvalue weighted by molar-refractivity contribution is 5.74. The summed E-state index contributed by atoms with van der Waals surface area (Å²) >= 11 is 0. The molecule has 0 radical (unpaired) electrons. The van der Waals surface area contributed by atoms with Crippen LogP contribution in [0.4, 0.5) is 4.79 Å². The maximum Gasteiger partial charge on any atom is 0.317 e. The largest absolute Gasteiger partial charge is 0.366 e. The minimum atomic E-state index is -0.364. The van der Waals surface area contributed by atoms with Crippen LogP contribution in [0.2, 0.25) is 0 Å². The van der Waals surface area contributed by atoms with Gasteiger partial charge in [-0.3, -0.25) is 0 Å². The number of carbonyl (C=O) groups excluding carboxylic acids is 1. The average molecular weight is 347 g/mol. The Morgan fingerprint density at radius 2 is 2.16 bits per heavy atom. The van der Waals surface area contributed by atoms with E-state index in [4.69, 9.17) is 13.8 Å². The molecule has 25 heavy (non-hydrogen) atoms. The summed E-state index contributed by atoms with van der Waals surface area (Å²) in [5, 5.41) is 10.9. The summed E-state index contributed by atoms with van der Waals surface area (Å²) in [6.45, 7) is 3.45. The van der Waals surface area contributed by atoms with Crippen LogP contribution in [0.15, 0.2) is 9.05 Å². The molecule has 4 rings (SSSR count). The van der Waals surface area contributed by atoms with Gasteiger partial charge in [0.25, 0.3) is 0 Å². The SMILES string of the molecule is Cc1nc(C2CN(C(=O)NCc3noc4c3CCCC4)CCO2)no1. The molecule has 9 heteroatoms. The summed E-state index contributed by atoms with van der Waals surface area (Å²) in [7, 11) is 0. The zero-order valence-electron chi connectivity index (χ0n) is 14.2. The number of ether oxygens (including phenoxy) is 1. The number of rotatable bonds is 3. The van der Waals surface area contributed by atoms with Gasteiger partial charge in [0.05, 0.1) is 19.7 Å². The monoisotopic (exact) mass is 347 g/mol. The Morgan fingerprint density at radius 3 is 3.00 bits per heavy atom. The second-order valence-electron chi connectivity index (χ2n) is 6.37. The molecule has 1 atom stereocenters. The smallest absolute Gasteiger partial charge is 0.317 e. The third-order valence-corrected chi connectivity index (χ3v) is 4.62. The van der Waals surface area contributed by atoms with Gasteiger partial charge in [0.15, 0.2) is 0 Å². The molecule has 0 spiro atoms. The van der Waals surface area contributed by atoms with Crippen LogP contribution in [0.25, 0.3) is 0 Å². The van der Waals surface area contributed by atoms with Crippen LogP contribution in [0.5, 0.6) is 0 Å². The molecule has 0 saturated carbocycles. The highest BCUT2D eigenvalue weighted by atomic mass is 16.5. The molecule has 2 amide bonds. The molecule has 1 unspecified atom stereocenters. The fourth-order valence-electron chi connectivity index (χ4n) is 3.29. The van der Waals surface area contributed by atoms with Crippen molar-refractivity contribution >= 4 is 6.03 Å². The maximum atomic E-state index is 12.5. The number of nitrogens with zero attached hydrogens (tertiary/aromatic N) is 4. The normalized spacial score (nSPS) is 20.4. The van der Waals surface area contributed by atoms with E-state index >= 15 is 0 Å². The lowest BCUT2D eigenvalue weighted by Crippen LogP contribution is -2.47. The maximum absolute atomic E-state index is 12.5. The predicted molar refractivity (Wildman–Crippen MR) is 84.7 cm³/mol. The lowest BCUT2D eigenvalue weighted by Gasteiger charge is -2.31. The number of fused-ring (bicyclic) bond motifs is 1. The van der Waals surface area contributed by atoms with Gasteiger partial charge in [-0.1, -0.05) is 10.3 Å². The lowest BCUT2D eigenvalue weighted by atomic mass is 9.96. The van der Waals surface area contributed by atoms with Crippen LogP contribution in [-0.4, -0.2) is 45.9 Å². The topological polar surface area (TPSA) is 107 Å². The summed E-state index contributed by atoms with van der Waals surface area (Å²) in [6.07, 6.45) is 3.83. The van der Waals surface area contributed by atoms with Gasteiger partial charge in [-0.25, -0.2) is 4.79 Å². The quantitative estimate of drug-likeness (QED) is 0.897. The van der Waals surface area contributed by atoms with Crippen LogP contribution in [0, 0.1) is 6.92 Å². The van der Waals surface area contributed by atoms with E-state index in [2.05, 4.69) is 20.6 Å². The molecule has 1 aliphatic carbocycles. The molecule has 1 N–H and O–H groups in total. The van der Waals surface area contributed by atoms with E-state index in [-0.39, 0.29) is 12.1 Å². The molecule has 1 aliphatic heterocycles. The molecular weight excluding hydrogens is 326 g/mol. The van der Waals surface area contributed by atoms with Gasteiger partial charge in [0.2, 0.25) is 11.7 Å². The van der Waals surface area contributed by atoms with Crippen molar-refractivity contribution in [2.75, 3.05) is 19.7 Å². The van der Waals surface area contributed by atoms with Crippen LogP contribution < -0.4 is 5.32 Å². The molecule has 1 saturated heterocycles. The first kappa shape index (κ1) is 16.1. The Bertz CT molecular complexity index is 756. The fourth-order valence-corrected chi connectivity index (χ4v) is 3.29. The Hall–Kier alpha value is -2.42. The Kier molecular flexibility index (Phi) is 4.39. The molecular formula is C16H21N5O4. The number of carbonyl (C=O) groups is 1. The van der Waals surface area contributed by atoms with Gasteiger partial charge in [-0.2, -0.15) is 4.98 Å². The van der Waals surface area contributed by atoms with Crippen molar-refractivity contribution in [2.24, 2.45) is 0 Å². The molecule has 9 nitrogen and oxygen atoms in total. The van der Waals surface area contributed by atoms with Crippen LogP contribution in [0.1, 0.15) is 47.7 Å². The van der Waals surface area contributed by atoms with Crippen molar-refractivity contribution in [3.05, 3.63) is 28.7 Å². The van der Waals surface area contributed by atoms with Gasteiger partial charge < -0.3 is 24.0 Å². The second kappa shape index (κ2) is 6.83. The predicted octanol–water partition coefficient (Wildman–Crippen LogP) is 1.53. The molecule has 0 bridgehead atoms. The lowest BCUT2D eigenvalue weighted by molar-refractivity contribution is -0.0209. The molecule has 2 aromatic heterocycles. The zero-order chi connectivity index (χ0) is 17.2. The van der Waals surface area contributed by atoms with Gasteiger partial charge in [0, 0.05) is 25.5 Å². The van der Waals surface area contributed by atoms with Gasteiger partial charge in [0.1, 0.15) is 17.6 Å². The summed E-state index contributed by atoms with van der Waals surface area (Å²) < 4.78 is 16.0. The highest BCUT2D eigenvalue weighted by Gasteiger charge is 2.29. The van der Waals surface area contributed by atoms with Crippen molar-refractivity contribution < 1.29 is 18.6 Å². The van der Waals surface area contributed by atoms with Crippen LogP contribution in [-0.2, 0) is 24.1 Å². The van der Waals surface area contributed by atoms with E-state index in [1.807, 2.05) is 0 Å². The minimum absolute atomic E-state index is 0.152. The van der Waals surface area contributed by atoms with Crippen molar-refractivity contribution in [1.82, 2.24) is 25.5 Å². The standard InChI is InChI=1S/C16H21N5O4/c1-10-18-15(20-24-10)14-9-21(6-7-23-14)16(22)17-8-12-11-4-2-3-5-13(11)25-19-12/h14H,2-9H2,1H3,(H,17,22). The van der Waals surface area contributed by atoms with E-state index in [9.17, 15) is 4.79 Å². The number of urea groups is 1. The first-order chi connectivity index (χ1) is 12.2. The third kappa shape index (κ3) is 3.37. The number of nitrogens with one attached hydrogen (secondary N) is 1. The molecule has 2 aliphatic rings. The van der Waals surface area contributed by atoms with Crippen molar-refractivity contribution in [3.8, 4) is 0 Å². The number of amides is 2. The van der Waals surface area contributed by atoms with Crippen molar-refractivity contribution in [2.45, 2.75) is 45.3 Å². The second-order valence-corrected chi connectivity index (χ2v) is 6.37. The molecule has 0 aromatic carbocycles. The van der Waals surface area contributed by atoms with Gasteiger partial charge in [-0.15, -0.1) is 0 Å². The minimum Gasteiger partial charge on any atom is -0.366 e. The number of aromatic nitrogens is 3. The summed E-state index contributed by atoms with van der Waals surface area (Å²) in [4.78, 5) is 18.4. The van der Waals surface area contributed by atoms with E-state index in [0.717, 1.165) is 42.7 Å². The number of aryl methyl sites for hydroxylation is 2. The van der Waals surface area contributed by atoms with E-state index in [1.165, 1.54) is 0 Å². The Labute approximate surface area is 144 Å². The number of hydrogen-bond donors (Lipinski definition) is 1. The third-order valence-electron chi connectivity index (χ3n) is 4.62. The molecule has 2 aromatic rings. The molecule has 3 heterocycles. The van der Waals surface area contributed by atoms with Gasteiger partial charge >= 0.3 is 6.03 Å². The van der Waals surface area contributed by atoms with Crippen molar-refractivity contribution in [3.63, 3.8) is 0 Å². The van der Waals surface area contributed by atoms with E-state index in [1.54, 1.807) is 11.8 Å². The number of hydrogen-bond acceptors (Lipinski definition) is 7.